The predicted octanol–water partition coefficient (Wildman–Crippen LogP) is 24.8. The minimum atomic E-state index is -0.787. The summed E-state index contributed by atoms with van der Waals surface area (Å²) in [5.74, 6) is -0.885. The molecule has 0 heterocycles. The van der Waals surface area contributed by atoms with Crippen molar-refractivity contribution in [2.24, 2.45) is 0 Å². The Kier molecular flexibility index (Phi) is 67.7. The Morgan fingerprint density at radius 2 is 0.470 bits per heavy atom. The van der Waals surface area contributed by atoms with Crippen LogP contribution in [0.2, 0.25) is 0 Å². The van der Waals surface area contributed by atoms with Gasteiger partial charge in [-0.25, -0.2) is 0 Å². The summed E-state index contributed by atoms with van der Waals surface area (Å²) in [6.45, 7) is 6.53. The lowest BCUT2D eigenvalue weighted by atomic mass is 10.0. The zero-order chi connectivity index (χ0) is 59.9. The number of allylic oxidation sites excluding steroid dienone is 16. The van der Waals surface area contributed by atoms with E-state index in [0.29, 0.717) is 19.3 Å². The fourth-order valence-corrected chi connectivity index (χ4v) is 10.2. The van der Waals surface area contributed by atoms with Crippen molar-refractivity contribution in [1.29, 1.82) is 0 Å². The van der Waals surface area contributed by atoms with Gasteiger partial charge in [0.2, 0.25) is 0 Å². The molecule has 478 valence electrons. The molecule has 6 nitrogen and oxygen atoms in total. The van der Waals surface area contributed by atoms with Crippen molar-refractivity contribution in [3.63, 3.8) is 0 Å². The number of carbonyl (C=O) groups excluding carboxylic acids is 3. The topological polar surface area (TPSA) is 78.9 Å². The number of unbranched alkanes of at least 4 members (excludes halogenated alkanes) is 38. The van der Waals surface area contributed by atoms with Crippen LogP contribution in [0.5, 0.6) is 0 Å². The average molecular weight is 1160 g/mol. The van der Waals surface area contributed by atoms with Gasteiger partial charge in [0.15, 0.2) is 6.10 Å². The lowest BCUT2D eigenvalue weighted by molar-refractivity contribution is -0.167. The summed E-state index contributed by atoms with van der Waals surface area (Å²) in [6, 6.07) is 0. The van der Waals surface area contributed by atoms with Crippen LogP contribution in [0.25, 0.3) is 0 Å². The normalized spacial score (nSPS) is 12.7. The quantitative estimate of drug-likeness (QED) is 0.0261. The van der Waals surface area contributed by atoms with Crippen LogP contribution in [-0.2, 0) is 28.6 Å². The van der Waals surface area contributed by atoms with E-state index in [2.05, 4.69) is 118 Å². The van der Waals surface area contributed by atoms with Crippen molar-refractivity contribution in [1.82, 2.24) is 0 Å². The van der Waals surface area contributed by atoms with E-state index in [9.17, 15) is 14.4 Å². The van der Waals surface area contributed by atoms with Gasteiger partial charge >= 0.3 is 17.9 Å². The molecule has 0 rings (SSSR count). The van der Waals surface area contributed by atoms with E-state index in [1.807, 2.05) is 0 Å². The molecule has 0 N–H and O–H groups in total. The maximum absolute atomic E-state index is 12.9. The standard InChI is InChI=1S/C77H134O6/c1-4-7-10-13-16-19-22-24-26-28-30-32-33-34-35-36-37-38-39-40-41-42-43-45-46-48-50-52-55-58-61-64-67-70-76(79)82-73-74(72-81-75(78)69-66-63-60-57-54-21-18-15-12-9-6-3)83-77(80)71-68-65-62-59-56-53-51-49-47-44-31-29-27-25-23-20-17-14-11-8-5-2/h8,11,17,20,22,24-25,27-28,30-31,33-34,44,49,51,74H,4-7,9-10,12-16,18-19,21,23,26,29,32,35-43,45-48,50,52-73H2,1-3H3/b11-8-,20-17-,24-22-,27-25-,30-28-,34-33-,44-31-,51-49-. The Hall–Kier alpha value is -3.67. The van der Waals surface area contributed by atoms with Gasteiger partial charge in [0.25, 0.3) is 0 Å². The fraction of sp³-hybridized carbons (Fsp3) is 0.753. The molecule has 0 aromatic heterocycles. The summed E-state index contributed by atoms with van der Waals surface area (Å²) < 4.78 is 16.9. The molecule has 0 aliphatic rings. The lowest BCUT2D eigenvalue weighted by Crippen LogP contribution is -2.30. The molecule has 1 atom stereocenters. The molecule has 0 aliphatic heterocycles. The number of hydrogen-bond acceptors (Lipinski definition) is 6. The molecule has 83 heavy (non-hydrogen) atoms. The molecule has 1 unspecified atom stereocenters. The van der Waals surface area contributed by atoms with E-state index in [0.717, 1.165) is 122 Å². The number of rotatable bonds is 65. The Morgan fingerprint density at radius 3 is 0.735 bits per heavy atom. The molecule has 0 aromatic rings. The lowest BCUT2D eigenvalue weighted by Gasteiger charge is -2.18. The molecule has 0 radical (unpaired) electrons. The molecule has 0 spiro atoms. The number of hydrogen-bond donors (Lipinski definition) is 0. The molecule has 0 bridgehead atoms. The van der Waals surface area contributed by atoms with E-state index in [4.69, 9.17) is 14.2 Å². The maximum Gasteiger partial charge on any atom is 0.306 e. The highest BCUT2D eigenvalue weighted by molar-refractivity contribution is 5.71. The Labute approximate surface area is 515 Å². The number of esters is 3. The highest BCUT2D eigenvalue weighted by Crippen LogP contribution is 2.17. The summed E-state index contributed by atoms with van der Waals surface area (Å²) in [6.07, 6.45) is 95.9. The molecule has 6 heteroatoms. The van der Waals surface area contributed by atoms with Gasteiger partial charge in [-0.2, -0.15) is 0 Å². The molecule has 0 saturated carbocycles. The third-order valence-electron chi connectivity index (χ3n) is 15.6. The van der Waals surface area contributed by atoms with Crippen LogP contribution in [0.3, 0.4) is 0 Å². The molecule has 0 saturated heterocycles. The summed E-state index contributed by atoms with van der Waals surface area (Å²) in [5, 5.41) is 0. The van der Waals surface area contributed by atoms with Crippen LogP contribution in [0.1, 0.15) is 355 Å². The third kappa shape index (κ3) is 69.0. The minimum Gasteiger partial charge on any atom is -0.462 e. The van der Waals surface area contributed by atoms with E-state index < -0.39 is 6.10 Å². The summed E-state index contributed by atoms with van der Waals surface area (Å²) >= 11 is 0. The van der Waals surface area contributed by atoms with Crippen molar-refractivity contribution in [3.8, 4) is 0 Å². The predicted molar refractivity (Wildman–Crippen MR) is 362 cm³/mol. The van der Waals surface area contributed by atoms with Crippen molar-refractivity contribution in [2.75, 3.05) is 13.2 Å². The average Bonchev–Trinajstić information content (AvgIpc) is 3.48. The first kappa shape index (κ1) is 79.3. The molecule has 0 amide bonds. The Morgan fingerprint density at radius 1 is 0.253 bits per heavy atom. The van der Waals surface area contributed by atoms with E-state index in [-0.39, 0.29) is 31.1 Å². The van der Waals surface area contributed by atoms with Crippen LogP contribution in [0.15, 0.2) is 97.2 Å². The largest absolute Gasteiger partial charge is 0.462 e. The van der Waals surface area contributed by atoms with Crippen LogP contribution in [0.4, 0.5) is 0 Å². The molecular weight excluding hydrogens is 1020 g/mol. The zero-order valence-corrected chi connectivity index (χ0v) is 54.9. The van der Waals surface area contributed by atoms with Crippen molar-refractivity contribution in [3.05, 3.63) is 97.2 Å². The van der Waals surface area contributed by atoms with Crippen molar-refractivity contribution < 1.29 is 28.6 Å². The monoisotopic (exact) mass is 1160 g/mol. The van der Waals surface area contributed by atoms with Gasteiger partial charge < -0.3 is 14.2 Å². The fourth-order valence-electron chi connectivity index (χ4n) is 10.2. The van der Waals surface area contributed by atoms with E-state index in [1.165, 1.54) is 193 Å². The second-order valence-corrected chi connectivity index (χ2v) is 23.8. The Bertz CT molecular complexity index is 1610. The maximum atomic E-state index is 12.9. The summed E-state index contributed by atoms with van der Waals surface area (Å²) in [5.41, 5.74) is 0. The zero-order valence-electron chi connectivity index (χ0n) is 54.9. The molecule has 0 aliphatic carbocycles. The molecule has 0 fully saturated rings. The van der Waals surface area contributed by atoms with Crippen LogP contribution >= 0.6 is 0 Å². The number of carbonyl (C=O) groups is 3. The van der Waals surface area contributed by atoms with Gasteiger partial charge in [-0.3, -0.25) is 14.4 Å². The second kappa shape index (κ2) is 70.8. The first-order valence-corrected chi connectivity index (χ1v) is 35.7. The SMILES string of the molecule is CC/C=C\C/C=C\C/C=C\C/C=C\C/C=C\CCCCCCCC(=O)OC(COC(=O)CCCCCCCCCCCCC)COC(=O)CCCCCCCCCCCCCCCCCCCC/C=C\C/C=C\C/C=C\CCCCCCC. The number of ether oxygens (including phenoxy) is 3. The van der Waals surface area contributed by atoms with E-state index in [1.54, 1.807) is 0 Å². The van der Waals surface area contributed by atoms with Gasteiger partial charge in [0.05, 0.1) is 0 Å². The van der Waals surface area contributed by atoms with Crippen molar-refractivity contribution in [2.45, 2.75) is 361 Å². The van der Waals surface area contributed by atoms with Gasteiger partial charge in [0.1, 0.15) is 13.2 Å². The highest BCUT2D eigenvalue weighted by atomic mass is 16.6. The first-order chi connectivity index (χ1) is 41.0. The van der Waals surface area contributed by atoms with Crippen LogP contribution in [-0.4, -0.2) is 37.2 Å². The minimum absolute atomic E-state index is 0.0815. The van der Waals surface area contributed by atoms with Gasteiger partial charge in [0, 0.05) is 19.3 Å². The first-order valence-electron chi connectivity index (χ1n) is 35.7. The second-order valence-electron chi connectivity index (χ2n) is 23.8. The highest BCUT2D eigenvalue weighted by Gasteiger charge is 2.19. The van der Waals surface area contributed by atoms with Crippen LogP contribution in [0, 0.1) is 0 Å². The molecule has 0 aromatic carbocycles. The van der Waals surface area contributed by atoms with Crippen molar-refractivity contribution >= 4 is 17.9 Å². The van der Waals surface area contributed by atoms with E-state index >= 15 is 0 Å². The van der Waals surface area contributed by atoms with Gasteiger partial charge in [-0.1, -0.05) is 330 Å². The Balaban J connectivity index is 4.17. The van der Waals surface area contributed by atoms with Crippen LogP contribution < -0.4 is 0 Å². The van der Waals surface area contributed by atoms with Gasteiger partial charge in [-0.05, 0) is 103 Å². The third-order valence-corrected chi connectivity index (χ3v) is 15.6. The summed E-state index contributed by atoms with van der Waals surface area (Å²) in [7, 11) is 0. The van der Waals surface area contributed by atoms with Gasteiger partial charge in [-0.15, -0.1) is 0 Å². The smallest absolute Gasteiger partial charge is 0.306 e. The summed E-state index contributed by atoms with van der Waals surface area (Å²) in [4.78, 5) is 38.4. The molecular formula is C77H134O6.